The van der Waals surface area contributed by atoms with Crippen molar-refractivity contribution in [3.8, 4) is 0 Å². The molecule has 98 valence electrons. The van der Waals surface area contributed by atoms with Crippen molar-refractivity contribution in [2.45, 2.75) is 33.3 Å². The summed E-state index contributed by atoms with van der Waals surface area (Å²) in [6.07, 6.45) is 0.566. The van der Waals surface area contributed by atoms with Gasteiger partial charge in [-0.05, 0) is 38.8 Å². The van der Waals surface area contributed by atoms with Crippen LogP contribution in [0.15, 0.2) is 18.2 Å². The predicted molar refractivity (Wildman–Crippen MR) is 71.6 cm³/mol. The molecule has 1 N–H and O–H groups in total. The fourth-order valence-electron chi connectivity index (χ4n) is 2.59. The Morgan fingerprint density at radius 1 is 1.44 bits per heavy atom. The Labute approximate surface area is 108 Å². The quantitative estimate of drug-likeness (QED) is 0.870. The van der Waals surface area contributed by atoms with Gasteiger partial charge in [0.15, 0.2) is 0 Å². The van der Waals surface area contributed by atoms with Gasteiger partial charge in [-0.3, -0.25) is 4.79 Å². The zero-order chi connectivity index (χ0) is 13.3. The van der Waals surface area contributed by atoms with Crippen LogP contribution in [-0.2, 0) is 0 Å². The number of aryl methyl sites for hydroxylation is 2. The first kappa shape index (κ1) is 13.1. The summed E-state index contributed by atoms with van der Waals surface area (Å²) >= 11 is 0. The van der Waals surface area contributed by atoms with E-state index in [1.54, 1.807) is 6.92 Å². The zero-order valence-electron chi connectivity index (χ0n) is 11.3. The molecule has 1 aromatic rings. The van der Waals surface area contributed by atoms with Crippen molar-refractivity contribution in [1.82, 2.24) is 4.90 Å². The second kappa shape index (κ2) is 5.11. The molecule has 2 atom stereocenters. The van der Waals surface area contributed by atoms with Gasteiger partial charge in [0.05, 0.1) is 6.10 Å². The van der Waals surface area contributed by atoms with E-state index < -0.39 is 0 Å². The molecule has 0 bridgehead atoms. The largest absolute Gasteiger partial charge is 0.393 e. The Bertz CT molecular complexity index is 454. The third-order valence-electron chi connectivity index (χ3n) is 3.81. The Morgan fingerprint density at radius 3 is 2.72 bits per heavy atom. The molecule has 3 heteroatoms. The minimum atomic E-state index is -0.332. The molecule has 0 aliphatic carbocycles. The van der Waals surface area contributed by atoms with Gasteiger partial charge in [0.1, 0.15) is 0 Å². The first-order valence-electron chi connectivity index (χ1n) is 6.53. The smallest absolute Gasteiger partial charge is 0.254 e. The van der Waals surface area contributed by atoms with Crippen molar-refractivity contribution in [3.63, 3.8) is 0 Å². The number of benzene rings is 1. The Balaban J connectivity index is 2.13. The summed E-state index contributed by atoms with van der Waals surface area (Å²) in [5.74, 6) is 0.315. The topological polar surface area (TPSA) is 40.5 Å². The highest BCUT2D eigenvalue weighted by Crippen LogP contribution is 2.22. The van der Waals surface area contributed by atoms with Crippen LogP contribution < -0.4 is 0 Å². The molecule has 1 amide bonds. The lowest BCUT2D eigenvalue weighted by Gasteiger charge is -2.19. The van der Waals surface area contributed by atoms with E-state index >= 15 is 0 Å². The van der Waals surface area contributed by atoms with E-state index in [0.717, 1.165) is 24.1 Å². The highest BCUT2D eigenvalue weighted by atomic mass is 16.3. The van der Waals surface area contributed by atoms with Gasteiger partial charge in [-0.15, -0.1) is 0 Å². The van der Waals surface area contributed by atoms with Crippen LogP contribution in [0.25, 0.3) is 0 Å². The van der Waals surface area contributed by atoms with E-state index in [4.69, 9.17) is 0 Å². The minimum absolute atomic E-state index is 0.0932. The van der Waals surface area contributed by atoms with Crippen molar-refractivity contribution in [2.75, 3.05) is 13.1 Å². The molecule has 1 aliphatic rings. The summed E-state index contributed by atoms with van der Waals surface area (Å²) in [5.41, 5.74) is 2.99. The fraction of sp³-hybridized carbons (Fsp3) is 0.533. The van der Waals surface area contributed by atoms with Gasteiger partial charge in [0.2, 0.25) is 0 Å². The van der Waals surface area contributed by atoms with Crippen LogP contribution in [0, 0.1) is 19.8 Å². The minimum Gasteiger partial charge on any atom is -0.393 e. The van der Waals surface area contributed by atoms with E-state index in [9.17, 15) is 9.90 Å². The maximum atomic E-state index is 12.4. The lowest BCUT2D eigenvalue weighted by molar-refractivity contribution is 0.0762. The van der Waals surface area contributed by atoms with Crippen molar-refractivity contribution in [1.29, 1.82) is 0 Å². The molecule has 18 heavy (non-hydrogen) atoms. The molecule has 1 aromatic carbocycles. The maximum absolute atomic E-state index is 12.4. The number of hydrogen-bond donors (Lipinski definition) is 1. The zero-order valence-corrected chi connectivity index (χ0v) is 11.3. The molecule has 1 heterocycles. The number of hydrogen-bond acceptors (Lipinski definition) is 2. The Morgan fingerprint density at radius 2 is 2.17 bits per heavy atom. The fourth-order valence-corrected chi connectivity index (χ4v) is 2.59. The van der Waals surface area contributed by atoms with Crippen molar-refractivity contribution in [2.24, 2.45) is 5.92 Å². The maximum Gasteiger partial charge on any atom is 0.254 e. The lowest BCUT2D eigenvalue weighted by atomic mass is 10.0. The molecule has 0 radical (unpaired) electrons. The van der Waals surface area contributed by atoms with Gasteiger partial charge in [-0.25, -0.2) is 0 Å². The summed E-state index contributed by atoms with van der Waals surface area (Å²) in [7, 11) is 0. The number of carbonyl (C=O) groups is 1. The summed E-state index contributed by atoms with van der Waals surface area (Å²) in [5, 5.41) is 9.58. The molecule has 2 unspecified atom stereocenters. The lowest BCUT2D eigenvalue weighted by Crippen LogP contribution is -2.30. The number of likely N-dealkylation sites (tertiary alicyclic amines) is 1. The standard InChI is InChI=1S/C15H21NO2/c1-10-4-5-14(11(2)8-10)15(18)16-7-6-13(9-16)12(3)17/h4-5,8,12-13,17H,6-7,9H2,1-3H3. The SMILES string of the molecule is Cc1ccc(C(=O)N2CCC(C(C)O)C2)c(C)c1. The van der Waals surface area contributed by atoms with Crippen molar-refractivity contribution in [3.05, 3.63) is 34.9 Å². The summed E-state index contributed by atoms with van der Waals surface area (Å²) in [6, 6.07) is 5.92. The average Bonchev–Trinajstić information content (AvgIpc) is 2.77. The van der Waals surface area contributed by atoms with E-state index in [0.29, 0.717) is 6.54 Å². The third-order valence-corrected chi connectivity index (χ3v) is 3.81. The third kappa shape index (κ3) is 2.56. The number of nitrogens with zero attached hydrogens (tertiary/aromatic N) is 1. The summed E-state index contributed by atoms with van der Waals surface area (Å²) in [4.78, 5) is 14.2. The molecular formula is C15H21NO2. The van der Waals surface area contributed by atoms with Gasteiger partial charge < -0.3 is 10.0 Å². The van der Waals surface area contributed by atoms with Crippen LogP contribution in [0.5, 0.6) is 0 Å². The van der Waals surface area contributed by atoms with Gasteiger partial charge in [0, 0.05) is 24.6 Å². The molecule has 0 saturated carbocycles. The molecule has 1 aliphatic heterocycles. The summed E-state index contributed by atoms with van der Waals surface area (Å²) < 4.78 is 0. The van der Waals surface area contributed by atoms with Crippen LogP contribution in [0.2, 0.25) is 0 Å². The molecule has 0 aromatic heterocycles. The number of amides is 1. The summed E-state index contributed by atoms with van der Waals surface area (Å²) in [6.45, 7) is 7.23. The van der Waals surface area contributed by atoms with Gasteiger partial charge >= 0.3 is 0 Å². The van der Waals surface area contributed by atoms with Crippen LogP contribution in [-0.4, -0.2) is 35.1 Å². The van der Waals surface area contributed by atoms with E-state index in [-0.39, 0.29) is 17.9 Å². The first-order chi connectivity index (χ1) is 8.49. The highest BCUT2D eigenvalue weighted by Gasteiger charge is 2.29. The van der Waals surface area contributed by atoms with Crippen molar-refractivity contribution >= 4 is 5.91 Å². The predicted octanol–water partition coefficient (Wildman–Crippen LogP) is 2.15. The monoisotopic (exact) mass is 247 g/mol. The van der Waals surface area contributed by atoms with E-state index in [1.165, 1.54) is 5.56 Å². The van der Waals surface area contributed by atoms with E-state index in [2.05, 4.69) is 0 Å². The number of aliphatic hydroxyl groups excluding tert-OH is 1. The van der Waals surface area contributed by atoms with Crippen molar-refractivity contribution < 1.29 is 9.90 Å². The van der Waals surface area contributed by atoms with Gasteiger partial charge in [0.25, 0.3) is 5.91 Å². The number of rotatable bonds is 2. The average molecular weight is 247 g/mol. The normalized spacial score (nSPS) is 21.1. The van der Waals surface area contributed by atoms with Crippen LogP contribution in [0.1, 0.15) is 34.8 Å². The second-order valence-corrected chi connectivity index (χ2v) is 5.36. The first-order valence-corrected chi connectivity index (χ1v) is 6.53. The number of carbonyl (C=O) groups excluding carboxylic acids is 1. The highest BCUT2D eigenvalue weighted by molar-refractivity contribution is 5.95. The van der Waals surface area contributed by atoms with Crippen LogP contribution in [0.4, 0.5) is 0 Å². The Hall–Kier alpha value is -1.35. The van der Waals surface area contributed by atoms with Crippen LogP contribution >= 0.6 is 0 Å². The van der Waals surface area contributed by atoms with Gasteiger partial charge in [-0.1, -0.05) is 17.7 Å². The van der Waals surface area contributed by atoms with E-state index in [1.807, 2.05) is 36.9 Å². The van der Waals surface area contributed by atoms with Crippen LogP contribution in [0.3, 0.4) is 0 Å². The second-order valence-electron chi connectivity index (χ2n) is 5.36. The molecular weight excluding hydrogens is 226 g/mol. The van der Waals surface area contributed by atoms with Gasteiger partial charge in [-0.2, -0.15) is 0 Å². The Kier molecular flexibility index (Phi) is 3.71. The number of aliphatic hydroxyl groups is 1. The molecule has 3 nitrogen and oxygen atoms in total. The molecule has 1 fully saturated rings. The molecule has 0 spiro atoms. The molecule has 2 rings (SSSR count). The molecule has 1 saturated heterocycles.